The molecular formula is C30H23N. The van der Waals surface area contributed by atoms with E-state index in [0.29, 0.717) is 0 Å². The maximum Gasteiger partial charge on any atom is 0.0742 e. The topological polar surface area (TPSA) is 4.93 Å². The molecule has 1 aromatic heterocycles. The molecule has 0 saturated heterocycles. The van der Waals surface area contributed by atoms with E-state index in [1.54, 1.807) is 0 Å². The molecule has 1 nitrogen and oxygen atoms in total. The molecule has 0 spiro atoms. The highest BCUT2D eigenvalue weighted by Gasteiger charge is 2.45. The van der Waals surface area contributed by atoms with E-state index in [1.807, 2.05) is 6.08 Å². The molecule has 148 valence electrons. The molecule has 0 unspecified atom stereocenters. The van der Waals surface area contributed by atoms with Crippen LogP contribution in [0.4, 0.5) is 0 Å². The number of hydrogen-bond acceptors (Lipinski definition) is 0. The molecule has 0 aliphatic carbocycles. The molecule has 31 heavy (non-hydrogen) atoms. The Balaban J connectivity index is 1.92. The second kappa shape index (κ2) is 6.58. The summed E-state index contributed by atoms with van der Waals surface area (Å²) in [6.07, 6.45) is 1.99. The van der Waals surface area contributed by atoms with Crippen LogP contribution in [0.25, 0.3) is 22.7 Å². The van der Waals surface area contributed by atoms with Crippen LogP contribution in [-0.4, -0.2) is 4.57 Å². The summed E-state index contributed by atoms with van der Waals surface area (Å²) >= 11 is 0. The lowest BCUT2D eigenvalue weighted by atomic mass is 9.63. The van der Waals surface area contributed by atoms with Crippen LogP contribution in [-0.2, 0) is 5.41 Å². The molecule has 0 radical (unpaired) electrons. The highest BCUT2D eigenvalue weighted by Crippen LogP contribution is 2.53. The number of hydrogen-bond donors (Lipinski definition) is 0. The average molecular weight is 398 g/mol. The van der Waals surface area contributed by atoms with Crippen LogP contribution < -0.4 is 0 Å². The highest BCUT2D eigenvalue weighted by atomic mass is 15.0. The van der Waals surface area contributed by atoms with Crippen molar-refractivity contribution in [2.24, 2.45) is 0 Å². The molecular weight excluding hydrogens is 374 g/mol. The second-order valence-electron chi connectivity index (χ2n) is 8.25. The van der Waals surface area contributed by atoms with Crippen LogP contribution in [0.1, 0.15) is 33.5 Å². The summed E-state index contributed by atoms with van der Waals surface area (Å²) in [6.45, 7) is 6.36. The molecule has 6 rings (SSSR count). The number of aryl methyl sites for hydroxylation is 1. The van der Waals surface area contributed by atoms with Crippen LogP contribution in [0, 0.1) is 6.92 Å². The molecule has 1 aliphatic rings. The van der Waals surface area contributed by atoms with Gasteiger partial charge in [-0.3, -0.25) is 0 Å². The Morgan fingerprint density at radius 2 is 1.26 bits per heavy atom. The Bertz CT molecular complexity index is 1400. The van der Waals surface area contributed by atoms with Gasteiger partial charge in [0.15, 0.2) is 0 Å². The molecule has 0 amide bonds. The number of rotatable bonds is 3. The number of fused-ring (bicyclic) bond motifs is 2. The van der Waals surface area contributed by atoms with Gasteiger partial charge in [0.1, 0.15) is 0 Å². The van der Waals surface area contributed by atoms with Gasteiger partial charge in [0.05, 0.1) is 16.6 Å². The van der Waals surface area contributed by atoms with Crippen molar-refractivity contribution in [3.05, 3.63) is 143 Å². The summed E-state index contributed by atoms with van der Waals surface area (Å²) in [6, 6.07) is 37.5. The predicted molar refractivity (Wildman–Crippen MR) is 130 cm³/mol. The maximum absolute atomic E-state index is 4.15. The lowest BCUT2D eigenvalue weighted by Gasteiger charge is -2.41. The van der Waals surface area contributed by atoms with E-state index < -0.39 is 5.41 Å². The Morgan fingerprint density at radius 1 is 0.677 bits per heavy atom. The smallest absolute Gasteiger partial charge is 0.0742 e. The van der Waals surface area contributed by atoms with Crippen molar-refractivity contribution in [1.82, 2.24) is 4.57 Å². The molecule has 1 aliphatic heterocycles. The van der Waals surface area contributed by atoms with Crippen molar-refractivity contribution in [2.75, 3.05) is 0 Å². The van der Waals surface area contributed by atoms with Gasteiger partial charge in [0.25, 0.3) is 0 Å². The van der Waals surface area contributed by atoms with Gasteiger partial charge in [-0.05, 0) is 46.9 Å². The first-order chi connectivity index (χ1) is 15.3. The van der Waals surface area contributed by atoms with Crippen LogP contribution in [0.5, 0.6) is 0 Å². The first kappa shape index (κ1) is 18.0. The fourth-order valence-corrected chi connectivity index (χ4v) is 5.61. The molecule has 0 bridgehead atoms. The predicted octanol–water partition coefficient (Wildman–Crippen LogP) is 7.28. The van der Waals surface area contributed by atoms with Crippen LogP contribution in [0.15, 0.2) is 110 Å². The average Bonchev–Trinajstić information content (AvgIpc) is 3.14. The van der Waals surface area contributed by atoms with Gasteiger partial charge in [-0.2, -0.15) is 0 Å². The minimum Gasteiger partial charge on any atom is -0.309 e. The monoisotopic (exact) mass is 397 g/mol. The first-order valence-corrected chi connectivity index (χ1v) is 10.8. The van der Waals surface area contributed by atoms with Crippen molar-refractivity contribution in [3.8, 4) is 5.69 Å². The largest absolute Gasteiger partial charge is 0.309 e. The van der Waals surface area contributed by atoms with Crippen molar-refractivity contribution < 1.29 is 0 Å². The summed E-state index contributed by atoms with van der Waals surface area (Å²) < 4.78 is 2.41. The van der Waals surface area contributed by atoms with Gasteiger partial charge < -0.3 is 4.57 Å². The lowest BCUT2D eigenvalue weighted by Crippen LogP contribution is -2.35. The summed E-state index contributed by atoms with van der Waals surface area (Å²) in [7, 11) is 0. The van der Waals surface area contributed by atoms with E-state index in [9.17, 15) is 0 Å². The van der Waals surface area contributed by atoms with Gasteiger partial charge in [-0.25, -0.2) is 0 Å². The second-order valence-corrected chi connectivity index (χ2v) is 8.25. The molecule has 0 atom stereocenters. The minimum atomic E-state index is -0.391. The highest BCUT2D eigenvalue weighted by molar-refractivity contribution is 5.96. The van der Waals surface area contributed by atoms with E-state index in [4.69, 9.17) is 0 Å². The standard InChI is InChI=1S/C30H23N/c1-3-27-21(2)24-17-12-19-26-29(24)31(27)28-20-11-10-18-25(28)30(26,22-13-6-4-7-14-22)23-15-8-5-9-16-23/h3-20H,1H2,2H3. The third kappa shape index (κ3) is 2.21. The Labute approximate surface area is 182 Å². The van der Waals surface area contributed by atoms with Gasteiger partial charge in [-0.1, -0.05) is 104 Å². The Morgan fingerprint density at radius 3 is 1.90 bits per heavy atom. The van der Waals surface area contributed by atoms with Gasteiger partial charge in [0, 0.05) is 11.1 Å². The van der Waals surface area contributed by atoms with Crippen molar-refractivity contribution in [2.45, 2.75) is 12.3 Å². The molecule has 1 heteroatoms. The molecule has 0 saturated carbocycles. The summed E-state index contributed by atoms with van der Waals surface area (Å²) in [5.74, 6) is 0. The number of benzene rings is 4. The van der Waals surface area contributed by atoms with E-state index in [1.165, 1.54) is 50.1 Å². The molecule has 2 heterocycles. The van der Waals surface area contributed by atoms with Gasteiger partial charge in [0.2, 0.25) is 0 Å². The number of aromatic nitrogens is 1. The SMILES string of the molecule is C=Cc1c(C)c2cccc3c2n1-c1ccccc1C3(c1ccccc1)c1ccccc1. The van der Waals surface area contributed by atoms with Crippen LogP contribution in [0.2, 0.25) is 0 Å². The first-order valence-electron chi connectivity index (χ1n) is 10.8. The summed E-state index contributed by atoms with van der Waals surface area (Å²) in [4.78, 5) is 0. The van der Waals surface area contributed by atoms with Crippen LogP contribution in [0.3, 0.4) is 0 Å². The maximum atomic E-state index is 4.15. The Kier molecular flexibility index (Phi) is 3.82. The van der Waals surface area contributed by atoms with Crippen molar-refractivity contribution in [3.63, 3.8) is 0 Å². The quantitative estimate of drug-likeness (QED) is 0.296. The minimum absolute atomic E-state index is 0.391. The zero-order chi connectivity index (χ0) is 21.0. The van der Waals surface area contributed by atoms with Crippen LogP contribution >= 0.6 is 0 Å². The normalized spacial score (nSPS) is 13.7. The van der Waals surface area contributed by atoms with Gasteiger partial charge in [-0.15, -0.1) is 0 Å². The summed E-state index contributed by atoms with van der Waals surface area (Å²) in [5, 5.41) is 1.29. The lowest BCUT2D eigenvalue weighted by molar-refractivity contribution is 0.724. The third-order valence-electron chi connectivity index (χ3n) is 6.85. The van der Waals surface area contributed by atoms with E-state index >= 15 is 0 Å². The van der Waals surface area contributed by atoms with Gasteiger partial charge >= 0.3 is 0 Å². The van der Waals surface area contributed by atoms with Crippen molar-refractivity contribution in [1.29, 1.82) is 0 Å². The molecule has 4 aromatic carbocycles. The summed E-state index contributed by atoms with van der Waals surface area (Å²) in [5.41, 5.74) is 9.74. The van der Waals surface area contributed by atoms with E-state index in [-0.39, 0.29) is 0 Å². The van der Waals surface area contributed by atoms with E-state index in [0.717, 1.165) is 0 Å². The zero-order valence-corrected chi connectivity index (χ0v) is 17.5. The number of para-hydroxylation sites is 2. The van der Waals surface area contributed by atoms with Crippen molar-refractivity contribution >= 4 is 17.0 Å². The fourth-order valence-electron chi connectivity index (χ4n) is 5.61. The zero-order valence-electron chi connectivity index (χ0n) is 17.5. The fraction of sp³-hybridized carbons (Fsp3) is 0.0667. The molecule has 0 fully saturated rings. The molecule has 5 aromatic rings. The third-order valence-corrected chi connectivity index (χ3v) is 6.85. The number of nitrogens with zero attached hydrogens (tertiary/aromatic N) is 1. The molecule has 0 N–H and O–H groups in total. The van der Waals surface area contributed by atoms with E-state index in [2.05, 4.69) is 121 Å². The Hall–Kier alpha value is -3.84.